The van der Waals surface area contributed by atoms with Crippen LogP contribution in [0.4, 0.5) is 4.39 Å². The zero-order valence-corrected chi connectivity index (χ0v) is 17.8. The van der Waals surface area contributed by atoms with Gasteiger partial charge in [-0.3, -0.25) is 9.36 Å². The van der Waals surface area contributed by atoms with E-state index in [2.05, 4.69) is 20.3 Å². The van der Waals surface area contributed by atoms with E-state index in [0.29, 0.717) is 34.2 Å². The van der Waals surface area contributed by atoms with Crippen molar-refractivity contribution in [2.45, 2.75) is 6.92 Å². The summed E-state index contributed by atoms with van der Waals surface area (Å²) in [5.41, 5.74) is 2.82. The molecule has 0 bridgehead atoms. The van der Waals surface area contributed by atoms with Crippen molar-refractivity contribution in [1.82, 2.24) is 34.4 Å². The van der Waals surface area contributed by atoms with Gasteiger partial charge in [0, 0.05) is 25.5 Å². The Hall–Kier alpha value is -3.92. The fourth-order valence-corrected chi connectivity index (χ4v) is 4.34. The molecular formula is C23H20FN7O2. The van der Waals surface area contributed by atoms with E-state index in [-0.39, 0.29) is 11.3 Å². The average Bonchev–Trinajstić information content (AvgIpc) is 3.39. The molecule has 2 aliphatic heterocycles. The molecule has 1 spiro atoms. The van der Waals surface area contributed by atoms with Gasteiger partial charge in [0.25, 0.3) is 5.91 Å². The topological polar surface area (TPSA) is 91.0 Å². The van der Waals surface area contributed by atoms with Crippen molar-refractivity contribution in [3.63, 3.8) is 0 Å². The van der Waals surface area contributed by atoms with Gasteiger partial charge in [0.1, 0.15) is 35.0 Å². The molecule has 4 aromatic rings. The van der Waals surface area contributed by atoms with E-state index in [4.69, 9.17) is 4.74 Å². The molecule has 6 rings (SSSR count). The maximum Gasteiger partial charge on any atom is 0.255 e. The van der Waals surface area contributed by atoms with Crippen LogP contribution in [0.25, 0.3) is 22.9 Å². The maximum absolute atomic E-state index is 14.3. The Kier molecular flexibility index (Phi) is 4.37. The van der Waals surface area contributed by atoms with Crippen LogP contribution in [0.15, 0.2) is 55.1 Å². The minimum Gasteiger partial charge on any atom is -0.380 e. The van der Waals surface area contributed by atoms with Gasteiger partial charge in [-0.2, -0.15) is 0 Å². The Balaban J connectivity index is 1.24. The largest absolute Gasteiger partial charge is 0.380 e. The van der Waals surface area contributed by atoms with Crippen LogP contribution in [-0.4, -0.2) is 66.6 Å². The number of imidazole rings is 1. The van der Waals surface area contributed by atoms with Gasteiger partial charge in [0.15, 0.2) is 0 Å². The molecule has 9 nitrogen and oxygen atoms in total. The Morgan fingerprint density at radius 1 is 1.12 bits per heavy atom. The van der Waals surface area contributed by atoms with Gasteiger partial charge in [-0.25, -0.2) is 19.0 Å². The summed E-state index contributed by atoms with van der Waals surface area (Å²) in [6.07, 6.45) is 4.98. The van der Waals surface area contributed by atoms with Crippen molar-refractivity contribution in [1.29, 1.82) is 0 Å². The van der Waals surface area contributed by atoms with E-state index in [1.165, 1.54) is 10.7 Å². The highest BCUT2D eigenvalue weighted by Gasteiger charge is 2.50. The van der Waals surface area contributed by atoms with Gasteiger partial charge in [0.05, 0.1) is 29.9 Å². The standard InChI is InChI=1S/C23H20FN7O2/c1-15-21(31(28-27-15)19-5-3-2-4-17(19)24)18-9-29(14-26-18)20-7-6-16(8-25-20)22(32)30-10-23(11-30)12-33-13-23/h2-9,14H,10-13H2,1H3. The first-order valence-electron chi connectivity index (χ1n) is 10.6. The smallest absolute Gasteiger partial charge is 0.255 e. The number of ether oxygens (including phenoxy) is 1. The molecule has 3 aromatic heterocycles. The number of aromatic nitrogens is 6. The van der Waals surface area contributed by atoms with E-state index < -0.39 is 5.82 Å². The highest BCUT2D eigenvalue weighted by atomic mass is 19.1. The summed E-state index contributed by atoms with van der Waals surface area (Å²) in [5.74, 6) is 0.191. The molecule has 0 radical (unpaired) electrons. The number of hydrogen-bond donors (Lipinski definition) is 0. The number of benzene rings is 1. The summed E-state index contributed by atoms with van der Waals surface area (Å²) < 4.78 is 22.8. The highest BCUT2D eigenvalue weighted by Crippen LogP contribution is 2.38. The van der Waals surface area contributed by atoms with E-state index in [1.807, 2.05) is 4.90 Å². The highest BCUT2D eigenvalue weighted by molar-refractivity contribution is 5.94. The van der Waals surface area contributed by atoms with E-state index in [0.717, 1.165) is 26.3 Å². The minimum atomic E-state index is -0.400. The van der Waals surface area contributed by atoms with Crippen LogP contribution in [0, 0.1) is 18.2 Å². The molecule has 166 valence electrons. The lowest BCUT2D eigenvalue weighted by Gasteiger charge is -2.54. The van der Waals surface area contributed by atoms with Crippen LogP contribution in [0.3, 0.4) is 0 Å². The summed E-state index contributed by atoms with van der Waals surface area (Å²) in [6, 6.07) is 9.92. The lowest BCUT2D eigenvalue weighted by molar-refractivity contribution is -0.176. The number of amides is 1. The number of likely N-dealkylation sites (tertiary alicyclic amines) is 1. The number of carbonyl (C=O) groups is 1. The van der Waals surface area contributed by atoms with Crippen molar-refractivity contribution >= 4 is 5.91 Å². The molecule has 33 heavy (non-hydrogen) atoms. The van der Waals surface area contributed by atoms with Gasteiger partial charge in [0.2, 0.25) is 0 Å². The molecule has 10 heteroatoms. The third kappa shape index (κ3) is 3.21. The molecule has 2 saturated heterocycles. The average molecular weight is 445 g/mol. The first-order chi connectivity index (χ1) is 16.0. The van der Waals surface area contributed by atoms with Crippen LogP contribution in [0.2, 0.25) is 0 Å². The molecule has 5 heterocycles. The van der Waals surface area contributed by atoms with Crippen molar-refractivity contribution < 1.29 is 13.9 Å². The van der Waals surface area contributed by atoms with Crippen LogP contribution in [-0.2, 0) is 4.74 Å². The predicted octanol–water partition coefficient (Wildman–Crippen LogP) is 2.43. The van der Waals surface area contributed by atoms with Gasteiger partial charge in [-0.15, -0.1) is 5.10 Å². The second kappa shape index (κ2) is 7.31. The summed E-state index contributed by atoms with van der Waals surface area (Å²) in [4.78, 5) is 23.4. The third-order valence-corrected chi connectivity index (χ3v) is 6.16. The molecule has 0 aliphatic carbocycles. The molecule has 0 atom stereocenters. The number of hydrogen-bond acceptors (Lipinski definition) is 6. The lowest BCUT2D eigenvalue weighted by Crippen LogP contribution is -2.67. The van der Waals surface area contributed by atoms with Crippen molar-refractivity contribution in [2.75, 3.05) is 26.3 Å². The van der Waals surface area contributed by atoms with Crippen LogP contribution < -0.4 is 0 Å². The number of halogens is 1. The van der Waals surface area contributed by atoms with Gasteiger partial charge >= 0.3 is 0 Å². The van der Waals surface area contributed by atoms with Crippen LogP contribution in [0.5, 0.6) is 0 Å². The molecule has 0 unspecified atom stereocenters. The SMILES string of the molecule is Cc1nnn(-c2ccccc2F)c1-c1cn(-c2ccc(C(=O)N3CC4(COC4)C3)cn2)cn1. The first kappa shape index (κ1) is 19.7. The van der Waals surface area contributed by atoms with E-state index >= 15 is 0 Å². The second-order valence-corrected chi connectivity index (χ2v) is 8.61. The molecular weight excluding hydrogens is 425 g/mol. The number of carbonyl (C=O) groups excluding carboxylic acids is 1. The van der Waals surface area contributed by atoms with Crippen LogP contribution in [0.1, 0.15) is 16.1 Å². The normalized spacial score (nSPS) is 16.5. The molecule has 0 saturated carbocycles. The summed E-state index contributed by atoms with van der Waals surface area (Å²) in [6.45, 7) is 4.75. The van der Waals surface area contributed by atoms with Gasteiger partial charge < -0.3 is 9.64 Å². The molecule has 0 N–H and O–H groups in total. The Labute approximate surface area is 188 Å². The summed E-state index contributed by atoms with van der Waals surface area (Å²) >= 11 is 0. The number of nitrogens with zero attached hydrogens (tertiary/aromatic N) is 7. The second-order valence-electron chi connectivity index (χ2n) is 8.61. The third-order valence-electron chi connectivity index (χ3n) is 6.16. The van der Waals surface area contributed by atoms with Crippen molar-refractivity contribution in [2.24, 2.45) is 5.41 Å². The van der Waals surface area contributed by atoms with Crippen LogP contribution >= 0.6 is 0 Å². The van der Waals surface area contributed by atoms with Gasteiger partial charge in [-0.1, -0.05) is 17.3 Å². The molecule has 2 fully saturated rings. The zero-order chi connectivity index (χ0) is 22.6. The first-order valence-corrected chi connectivity index (χ1v) is 10.6. The number of pyridine rings is 1. The fraction of sp³-hybridized carbons (Fsp3) is 0.261. The zero-order valence-electron chi connectivity index (χ0n) is 17.8. The Morgan fingerprint density at radius 3 is 2.64 bits per heavy atom. The molecule has 1 aromatic carbocycles. The predicted molar refractivity (Wildman–Crippen MR) is 116 cm³/mol. The van der Waals surface area contributed by atoms with Gasteiger partial charge in [-0.05, 0) is 31.2 Å². The van der Waals surface area contributed by atoms with E-state index in [1.54, 1.807) is 60.5 Å². The summed E-state index contributed by atoms with van der Waals surface area (Å²) in [5, 5.41) is 8.20. The molecule has 2 aliphatic rings. The Bertz CT molecular complexity index is 1350. The summed E-state index contributed by atoms with van der Waals surface area (Å²) in [7, 11) is 0. The van der Waals surface area contributed by atoms with Crippen molar-refractivity contribution in [3.8, 4) is 22.9 Å². The fourth-order valence-electron chi connectivity index (χ4n) is 4.34. The Morgan fingerprint density at radius 2 is 1.94 bits per heavy atom. The maximum atomic E-state index is 14.3. The number of para-hydroxylation sites is 1. The minimum absolute atomic E-state index is 0.0200. The van der Waals surface area contributed by atoms with Crippen molar-refractivity contribution in [3.05, 3.63) is 72.2 Å². The number of rotatable bonds is 4. The quantitative estimate of drug-likeness (QED) is 0.479. The lowest BCUT2D eigenvalue weighted by atomic mass is 9.78. The van der Waals surface area contributed by atoms with E-state index in [9.17, 15) is 9.18 Å². The monoisotopic (exact) mass is 445 g/mol. The molecule has 1 amide bonds. The number of aryl methyl sites for hydroxylation is 1.